The zero-order valence-electron chi connectivity index (χ0n) is 10.2. The second kappa shape index (κ2) is 6.34. The van der Waals surface area contributed by atoms with Crippen molar-refractivity contribution in [2.75, 3.05) is 10.8 Å². The van der Waals surface area contributed by atoms with Gasteiger partial charge < -0.3 is 4.90 Å². The molecular weight excluding hydrogens is 265 g/mol. The number of nitrogens with zero attached hydrogens (tertiary/aromatic N) is 1. The highest BCUT2D eigenvalue weighted by Crippen LogP contribution is 2.18. The van der Waals surface area contributed by atoms with Gasteiger partial charge in [0, 0.05) is 11.3 Å². The minimum absolute atomic E-state index is 0.136. The van der Waals surface area contributed by atoms with Gasteiger partial charge >= 0.3 is 0 Å². The molecule has 0 fully saturated rings. The van der Waals surface area contributed by atoms with Crippen LogP contribution in [0.1, 0.15) is 5.56 Å². The fraction of sp³-hybridized carbons (Fsp3) is 0.133. The Labute approximate surface area is 116 Å². The lowest BCUT2D eigenvalue weighted by Gasteiger charge is -2.22. The standard InChI is InChI=1S/C15H13ClFNO/c16-10-15(19)18(13-7-2-1-3-8-13)11-12-6-4-5-9-14(12)17/h1-9H,10-11H2. The third-order valence-corrected chi connectivity index (χ3v) is 3.00. The molecule has 2 aromatic carbocycles. The molecule has 2 aromatic rings. The van der Waals surface area contributed by atoms with E-state index < -0.39 is 0 Å². The molecular formula is C15H13ClFNO. The highest BCUT2D eigenvalue weighted by atomic mass is 35.5. The van der Waals surface area contributed by atoms with Crippen LogP contribution in [0.15, 0.2) is 54.6 Å². The number of hydrogen-bond donors (Lipinski definition) is 0. The Kier molecular flexibility index (Phi) is 4.53. The number of carbonyl (C=O) groups is 1. The minimum Gasteiger partial charge on any atom is -0.307 e. The van der Waals surface area contributed by atoms with Gasteiger partial charge in [-0.25, -0.2) is 4.39 Å². The predicted molar refractivity (Wildman–Crippen MR) is 74.8 cm³/mol. The topological polar surface area (TPSA) is 20.3 Å². The molecule has 0 aliphatic carbocycles. The summed E-state index contributed by atoms with van der Waals surface area (Å²) in [5.41, 5.74) is 1.17. The Bertz CT molecular complexity index is 559. The molecule has 2 rings (SSSR count). The first-order valence-electron chi connectivity index (χ1n) is 5.87. The maximum absolute atomic E-state index is 13.7. The Balaban J connectivity index is 2.30. The van der Waals surface area contributed by atoms with Crippen LogP contribution in [0.2, 0.25) is 0 Å². The highest BCUT2D eigenvalue weighted by molar-refractivity contribution is 6.29. The normalized spacial score (nSPS) is 10.2. The van der Waals surface area contributed by atoms with E-state index in [4.69, 9.17) is 11.6 Å². The molecule has 1 amide bonds. The number of para-hydroxylation sites is 1. The molecule has 2 nitrogen and oxygen atoms in total. The molecule has 19 heavy (non-hydrogen) atoms. The second-order valence-electron chi connectivity index (χ2n) is 4.04. The fourth-order valence-electron chi connectivity index (χ4n) is 1.80. The van der Waals surface area contributed by atoms with Crippen LogP contribution in [-0.2, 0) is 11.3 Å². The van der Waals surface area contributed by atoms with E-state index in [1.165, 1.54) is 11.0 Å². The SMILES string of the molecule is O=C(CCl)N(Cc1ccccc1F)c1ccccc1. The first kappa shape index (κ1) is 13.6. The third-order valence-electron chi connectivity index (χ3n) is 2.77. The lowest BCUT2D eigenvalue weighted by atomic mass is 10.2. The van der Waals surface area contributed by atoms with Gasteiger partial charge in [0.05, 0.1) is 6.54 Å². The van der Waals surface area contributed by atoms with E-state index in [2.05, 4.69) is 0 Å². The summed E-state index contributed by atoms with van der Waals surface area (Å²) in [6.07, 6.45) is 0. The summed E-state index contributed by atoms with van der Waals surface area (Å²) < 4.78 is 13.7. The molecule has 0 aliphatic heterocycles. The van der Waals surface area contributed by atoms with Crippen molar-refractivity contribution in [1.29, 1.82) is 0 Å². The number of rotatable bonds is 4. The zero-order chi connectivity index (χ0) is 13.7. The van der Waals surface area contributed by atoms with Gasteiger partial charge in [0.25, 0.3) is 0 Å². The van der Waals surface area contributed by atoms with Crippen molar-refractivity contribution in [2.24, 2.45) is 0 Å². The Morgan fingerprint density at radius 3 is 2.32 bits per heavy atom. The summed E-state index contributed by atoms with van der Waals surface area (Å²) >= 11 is 5.62. The summed E-state index contributed by atoms with van der Waals surface area (Å²) in [7, 11) is 0. The molecule has 0 bridgehead atoms. The van der Waals surface area contributed by atoms with Crippen LogP contribution in [0.3, 0.4) is 0 Å². The lowest BCUT2D eigenvalue weighted by Crippen LogP contribution is -2.31. The Hall–Kier alpha value is -1.87. The van der Waals surface area contributed by atoms with Gasteiger partial charge in [-0.3, -0.25) is 4.79 Å². The van der Waals surface area contributed by atoms with Gasteiger partial charge in [0.15, 0.2) is 0 Å². The smallest absolute Gasteiger partial charge is 0.242 e. The Morgan fingerprint density at radius 2 is 1.68 bits per heavy atom. The number of amides is 1. The quantitative estimate of drug-likeness (QED) is 0.782. The van der Waals surface area contributed by atoms with Crippen molar-refractivity contribution in [3.05, 3.63) is 66.0 Å². The molecule has 0 aliphatic rings. The van der Waals surface area contributed by atoms with E-state index in [0.29, 0.717) is 11.3 Å². The predicted octanol–water partition coefficient (Wildman–Crippen LogP) is 3.60. The van der Waals surface area contributed by atoms with Gasteiger partial charge in [0.2, 0.25) is 5.91 Å². The molecule has 0 atom stereocenters. The molecule has 0 radical (unpaired) electrons. The zero-order valence-corrected chi connectivity index (χ0v) is 11.0. The van der Waals surface area contributed by atoms with Crippen LogP contribution in [0.4, 0.5) is 10.1 Å². The van der Waals surface area contributed by atoms with Crippen molar-refractivity contribution < 1.29 is 9.18 Å². The highest BCUT2D eigenvalue weighted by Gasteiger charge is 2.16. The van der Waals surface area contributed by atoms with Gasteiger partial charge in [-0.05, 0) is 18.2 Å². The largest absolute Gasteiger partial charge is 0.307 e. The van der Waals surface area contributed by atoms with Crippen LogP contribution < -0.4 is 4.90 Å². The van der Waals surface area contributed by atoms with Crippen LogP contribution >= 0.6 is 11.6 Å². The number of benzene rings is 2. The third kappa shape index (κ3) is 3.32. The molecule has 0 spiro atoms. The van der Waals surface area contributed by atoms with Crippen LogP contribution in [-0.4, -0.2) is 11.8 Å². The molecule has 0 saturated heterocycles. The van der Waals surface area contributed by atoms with Crippen molar-refractivity contribution in [3.63, 3.8) is 0 Å². The molecule has 0 saturated carbocycles. The minimum atomic E-state index is -0.328. The number of alkyl halides is 1. The number of carbonyl (C=O) groups excluding carboxylic acids is 1. The van der Waals surface area contributed by atoms with Crippen LogP contribution in [0.25, 0.3) is 0 Å². The summed E-state index contributed by atoms with van der Waals surface area (Å²) in [6.45, 7) is 0.169. The van der Waals surface area contributed by atoms with Crippen molar-refractivity contribution in [2.45, 2.75) is 6.54 Å². The summed E-state index contributed by atoms with van der Waals surface area (Å²) in [4.78, 5) is 13.4. The van der Waals surface area contributed by atoms with Crippen molar-refractivity contribution >= 4 is 23.2 Å². The molecule has 0 aromatic heterocycles. The first-order chi connectivity index (χ1) is 9.22. The molecule has 0 heterocycles. The fourth-order valence-corrected chi connectivity index (χ4v) is 1.94. The van der Waals surface area contributed by atoms with E-state index in [9.17, 15) is 9.18 Å². The first-order valence-corrected chi connectivity index (χ1v) is 6.40. The van der Waals surface area contributed by atoms with Crippen molar-refractivity contribution in [3.8, 4) is 0 Å². The summed E-state index contributed by atoms with van der Waals surface area (Å²) in [5.74, 6) is -0.717. The van der Waals surface area contributed by atoms with Gasteiger partial charge in [-0.15, -0.1) is 11.6 Å². The maximum Gasteiger partial charge on any atom is 0.242 e. The van der Waals surface area contributed by atoms with Crippen LogP contribution in [0.5, 0.6) is 0 Å². The maximum atomic E-state index is 13.7. The Morgan fingerprint density at radius 1 is 1.05 bits per heavy atom. The molecule has 0 unspecified atom stereocenters. The molecule has 98 valence electrons. The molecule has 4 heteroatoms. The van der Waals surface area contributed by atoms with E-state index in [1.54, 1.807) is 30.3 Å². The molecule has 0 N–H and O–H groups in total. The average molecular weight is 278 g/mol. The van der Waals surface area contributed by atoms with Gasteiger partial charge in [-0.1, -0.05) is 36.4 Å². The number of halogens is 2. The van der Waals surface area contributed by atoms with E-state index in [0.717, 1.165) is 0 Å². The summed E-state index contributed by atoms with van der Waals surface area (Å²) in [5, 5.41) is 0. The summed E-state index contributed by atoms with van der Waals surface area (Å²) in [6, 6.07) is 15.5. The van der Waals surface area contributed by atoms with E-state index in [-0.39, 0.29) is 24.1 Å². The van der Waals surface area contributed by atoms with E-state index in [1.807, 2.05) is 18.2 Å². The number of anilines is 1. The van der Waals surface area contributed by atoms with E-state index >= 15 is 0 Å². The van der Waals surface area contributed by atoms with Gasteiger partial charge in [-0.2, -0.15) is 0 Å². The number of hydrogen-bond acceptors (Lipinski definition) is 1. The second-order valence-corrected chi connectivity index (χ2v) is 4.31. The van der Waals surface area contributed by atoms with Crippen molar-refractivity contribution in [1.82, 2.24) is 0 Å². The average Bonchev–Trinajstić information content (AvgIpc) is 2.46. The lowest BCUT2D eigenvalue weighted by molar-refractivity contribution is -0.116. The monoisotopic (exact) mass is 277 g/mol. The van der Waals surface area contributed by atoms with Crippen LogP contribution in [0, 0.1) is 5.82 Å². The van der Waals surface area contributed by atoms with Gasteiger partial charge in [0.1, 0.15) is 11.7 Å².